The summed E-state index contributed by atoms with van der Waals surface area (Å²) in [6.45, 7) is -0.250. The van der Waals surface area contributed by atoms with Gasteiger partial charge in [-0.25, -0.2) is 19.4 Å². The Bertz CT molecular complexity index is 1930. The molecule has 0 radical (unpaired) electrons. The number of aromatic amines is 1. The molecule has 14 nitrogen and oxygen atoms in total. The fourth-order valence-corrected chi connectivity index (χ4v) is 4.94. The third-order valence-electron chi connectivity index (χ3n) is 7.33. The van der Waals surface area contributed by atoms with Crippen molar-refractivity contribution in [2.45, 2.75) is 31.5 Å². The minimum atomic E-state index is -0.856. The van der Waals surface area contributed by atoms with Gasteiger partial charge in [-0.05, 0) is 42.0 Å². The molecule has 0 bridgehead atoms. The average molecular weight is 640 g/mol. The van der Waals surface area contributed by atoms with Crippen molar-refractivity contribution in [2.24, 2.45) is 0 Å². The average Bonchev–Trinajstić information content (AvgIpc) is 3.71. The number of anilines is 1. The summed E-state index contributed by atoms with van der Waals surface area (Å²) in [6, 6.07) is 23.9. The van der Waals surface area contributed by atoms with Crippen LogP contribution in [0.2, 0.25) is 0 Å². The standard InChI is InChI=1S/C33H29N5O9/c1-43-23-14-12-20(13-15-23)17-45-33(42)37-32-35-28-27(29(39)36-32)34-19-38(28)26-16-24(47-31(41)22-10-6-3-7-11-22)25(46-26)18-44-30(40)21-8-4-2-5-9-21/h2-15,19,24-26H,16-18H2,1H3,(H2,35,36,37,39,42)/t24?,25-,26-/m1/s1. The van der Waals surface area contributed by atoms with Gasteiger partial charge in [-0.3, -0.25) is 19.7 Å². The van der Waals surface area contributed by atoms with Crippen LogP contribution in [0.25, 0.3) is 11.2 Å². The summed E-state index contributed by atoms with van der Waals surface area (Å²) in [7, 11) is 1.55. The van der Waals surface area contributed by atoms with Crippen LogP contribution in [0.3, 0.4) is 0 Å². The molecule has 5 aromatic rings. The highest BCUT2D eigenvalue weighted by atomic mass is 16.6. The lowest BCUT2D eigenvalue weighted by molar-refractivity contribution is -0.0563. The fraction of sp³-hybridized carbons (Fsp3) is 0.212. The predicted molar refractivity (Wildman–Crippen MR) is 166 cm³/mol. The Balaban J connectivity index is 1.18. The van der Waals surface area contributed by atoms with Gasteiger partial charge in [-0.2, -0.15) is 4.98 Å². The topological polar surface area (TPSA) is 173 Å². The molecule has 2 N–H and O–H groups in total. The molecule has 3 atom stereocenters. The number of hydrogen-bond donors (Lipinski definition) is 2. The maximum absolute atomic E-state index is 13.0. The zero-order chi connectivity index (χ0) is 32.8. The summed E-state index contributed by atoms with van der Waals surface area (Å²) in [6.07, 6.45) is -1.87. The molecule has 6 rings (SSSR count). The van der Waals surface area contributed by atoms with Crippen molar-refractivity contribution < 1.29 is 38.1 Å². The number of imidazole rings is 1. The molecule has 1 unspecified atom stereocenters. The summed E-state index contributed by atoms with van der Waals surface area (Å²) in [5.41, 5.74) is 0.888. The molecule has 3 aromatic carbocycles. The van der Waals surface area contributed by atoms with Crippen LogP contribution in [0.1, 0.15) is 38.9 Å². The molecule has 1 fully saturated rings. The largest absolute Gasteiger partial charge is 0.497 e. The molecular formula is C33H29N5O9. The van der Waals surface area contributed by atoms with Crippen LogP contribution in [0.15, 0.2) is 96.1 Å². The van der Waals surface area contributed by atoms with E-state index >= 15 is 0 Å². The lowest BCUT2D eigenvalue weighted by Crippen LogP contribution is -2.32. The molecule has 0 saturated carbocycles. The Morgan fingerprint density at radius 2 is 1.62 bits per heavy atom. The van der Waals surface area contributed by atoms with Gasteiger partial charge in [0.25, 0.3) is 5.56 Å². The van der Waals surface area contributed by atoms with E-state index in [1.54, 1.807) is 92.0 Å². The van der Waals surface area contributed by atoms with Crippen LogP contribution in [-0.4, -0.2) is 63.5 Å². The smallest absolute Gasteiger partial charge is 0.414 e. The Labute approximate surface area is 267 Å². The molecular weight excluding hydrogens is 610 g/mol. The van der Waals surface area contributed by atoms with Crippen LogP contribution in [-0.2, 0) is 25.6 Å². The minimum Gasteiger partial charge on any atom is -0.497 e. The van der Waals surface area contributed by atoms with Crippen molar-refractivity contribution in [3.8, 4) is 5.75 Å². The number of aromatic nitrogens is 4. The van der Waals surface area contributed by atoms with E-state index in [1.807, 2.05) is 0 Å². The number of nitrogens with one attached hydrogen (secondary N) is 2. The SMILES string of the molecule is COc1ccc(COC(=O)Nc2nc3c(ncn3[C@H]3CC(OC(=O)c4ccccc4)[C@@H](COC(=O)c4ccccc4)O3)c(=O)[nH]2)cc1. The molecule has 0 aliphatic carbocycles. The predicted octanol–water partition coefficient (Wildman–Crippen LogP) is 4.25. The van der Waals surface area contributed by atoms with E-state index in [0.717, 1.165) is 5.56 Å². The van der Waals surface area contributed by atoms with Gasteiger partial charge in [0, 0.05) is 6.42 Å². The molecule has 240 valence electrons. The number of rotatable bonds is 10. The van der Waals surface area contributed by atoms with Crippen molar-refractivity contribution in [1.82, 2.24) is 19.5 Å². The minimum absolute atomic E-state index is 0.0115. The lowest BCUT2D eigenvalue weighted by atomic mass is 10.1. The number of hydrogen-bond acceptors (Lipinski definition) is 11. The van der Waals surface area contributed by atoms with Gasteiger partial charge in [-0.1, -0.05) is 48.5 Å². The number of carbonyl (C=O) groups excluding carboxylic acids is 3. The number of H-pyrrole nitrogens is 1. The zero-order valence-electron chi connectivity index (χ0n) is 25.0. The Kier molecular flexibility index (Phi) is 9.20. The van der Waals surface area contributed by atoms with Crippen molar-refractivity contribution in [1.29, 1.82) is 0 Å². The molecule has 3 heterocycles. The van der Waals surface area contributed by atoms with Gasteiger partial charge in [0.05, 0.1) is 24.6 Å². The third-order valence-corrected chi connectivity index (χ3v) is 7.33. The van der Waals surface area contributed by atoms with Gasteiger partial charge < -0.3 is 23.7 Å². The highest BCUT2D eigenvalue weighted by Crippen LogP contribution is 2.33. The van der Waals surface area contributed by atoms with E-state index in [9.17, 15) is 19.2 Å². The highest BCUT2D eigenvalue weighted by Gasteiger charge is 2.41. The molecule has 1 aliphatic rings. The zero-order valence-corrected chi connectivity index (χ0v) is 25.0. The van der Waals surface area contributed by atoms with E-state index in [-0.39, 0.29) is 36.7 Å². The van der Waals surface area contributed by atoms with Crippen LogP contribution in [0.4, 0.5) is 10.7 Å². The number of fused-ring (bicyclic) bond motifs is 1. The fourth-order valence-electron chi connectivity index (χ4n) is 4.94. The number of esters is 2. The Morgan fingerprint density at radius 3 is 2.30 bits per heavy atom. The summed E-state index contributed by atoms with van der Waals surface area (Å²) in [4.78, 5) is 62.0. The molecule has 1 aliphatic heterocycles. The Morgan fingerprint density at radius 1 is 0.936 bits per heavy atom. The van der Waals surface area contributed by atoms with Crippen LogP contribution >= 0.6 is 0 Å². The quantitative estimate of drug-likeness (QED) is 0.165. The second-order valence-corrected chi connectivity index (χ2v) is 10.4. The first-order chi connectivity index (χ1) is 22.9. The Hall–Kier alpha value is -6.02. The highest BCUT2D eigenvalue weighted by molar-refractivity contribution is 5.90. The van der Waals surface area contributed by atoms with E-state index in [0.29, 0.717) is 16.9 Å². The first-order valence-corrected chi connectivity index (χ1v) is 14.5. The van der Waals surface area contributed by atoms with Crippen molar-refractivity contribution in [3.05, 3.63) is 118 Å². The second-order valence-electron chi connectivity index (χ2n) is 10.4. The van der Waals surface area contributed by atoms with Gasteiger partial charge >= 0.3 is 18.0 Å². The van der Waals surface area contributed by atoms with Crippen LogP contribution < -0.4 is 15.6 Å². The molecule has 2 aromatic heterocycles. The van der Waals surface area contributed by atoms with Gasteiger partial charge in [0.15, 0.2) is 11.2 Å². The number of carbonyl (C=O) groups is 3. The van der Waals surface area contributed by atoms with Crippen LogP contribution in [0.5, 0.6) is 5.75 Å². The molecule has 1 saturated heterocycles. The lowest BCUT2D eigenvalue weighted by Gasteiger charge is -2.19. The first kappa shape index (κ1) is 31.0. The third kappa shape index (κ3) is 7.28. The van der Waals surface area contributed by atoms with E-state index in [4.69, 9.17) is 23.7 Å². The van der Waals surface area contributed by atoms with Crippen molar-refractivity contribution in [2.75, 3.05) is 19.0 Å². The normalized spacial score (nSPS) is 17.2. The van der Waals surface area contributed by atoms with Crippen molar-refractivity contribution >= 4 is 35.1 Å². The number of benzene rings is 3. The summed E-state index contributed by atoms with van der Waals surface area (Å²) in [5.74, 6) is -0.663. The van der Waals surface area contributed by atoms with Crippen LogP contribution in [0, 0.1) is 0 Å². The van der Waals surface area contributed by atoms with Crippen molar-refractivity contribution in [3.63, 3.8) is 0 Å². The molecule has 47 heavy (non-hydrogen) atoms. The number of methoxy groups -OCH3 is 1. The number of nitrogens with zero attached hydrogens (tertiary/aromatic N) is 3. The van der Waals surface area contributed by atoms with Gasteiger partial charge in [-0.15, -0.1) is 0 Å². The van der Waals surface area contributed by atoms with E-state index in [1.165, 1.54) is 10.9 Å². The second kappa shape index (κ2) is 14.0. The maximum atomic E-state index is 13.0. The van der Waals surface area contributed by atoms with Gasteiger partial charge in [0.1, 0.15) is 37.4 Å². The molecule has 0 spiro atoms. The van der Waals surface area contributed by atoms with E-state index in [2.05, 4.69) is 20.3 Å². The van der Waals surface area contributed by atoms with Gasteiger partial charge in [0.2, 0.25) is 5.95 Å². The number of amides is 1. The summed E-state index contributed by atoms with van der Waals surface area (Å²) < 4.78 is 29.4. The molecule has 14 heteroatoms. The monoisotopic (exact) mass is 639 g/mol. The number of ether oxygens (including phenoxy) is 5. The van der Waals surface area contributed by atoms with E-state index < -0.39 is 42.0 Å². The maximum Gasteiger partial charge on any atom is 0.414 e. The molecule has 1 amide bonds. The summed E-state index contributed by atoms with van der Waals surface area (Å²) in [5, 5.41) is 2.42. The summed E-state index contributed by atoms with van der Waals surface area (Å²) >= 11 is 0. The first-order valence-electron chi connectivity index (χ1n) is 14.5.